The lowest BCUT2D eigenvalue weighted by molar-refractivity contribution is -0.122. The fourth-order valence-electron chi connectivity index (χ4n) is 3.74. The monoisotopic (exact) mass is 524 g/mol. The zero-order valence-corrected chi connectivity index (χ0v) is 22.4. The number of carbonyl (C=O) groups is 3. The summed E-state index contributed by atoms with van der Waals surface area (Å²) in [5.41, 5.74) is 15.2. The predicted octanol–water partition coefficient (Wildman–Crippen LogP) is 2.66. The Bertz CT molecular complexity index is 1290. The SMILES string of the molecule is COCCNC(=O)[C@@H](c1ccc(N(C)C)cc1)N(C(=O)c1snc(C(N)=O)c1N)c1ccc(C)c(C)c1. The number of nitrogens with zero attached hydrogens (tertiary/aromatic N) is 3. The van der Waals surface area contributed by atoms with Crippen molar-refractivity contribution in [3.8, 4) is 0 Å². The predicted molar refractivity (Wildman–Crippen MR) is 146 cm³/mol. The van der Waals surface area contributed by atoms with Crippen molar-refractivity contribution >= 4 is 46.3 Å². The number of aromatic nitrogens is 1. The summed E-state index contributed by atoms with van der Waals surface area (Å²) in [5.74, 6) is -1.81. The maximum atomic E-state index is 14.1. The Morgan fingerprint density at radius 2 is 1.70 bits per heavy atom. The number of nitrogens with one attached hydrogen (secondary N) is 1. The molecule has 0 saturated carbocycles. The molecule has 0 bridgehead atoms. The maximum absolute atomic E-state index is 14.1. The van der Waals surface area contributed by atoms with E-state index < -0.39 is 23.8 Å². The molecule has 0 aliphatic heterocycles. The van der Waals surface area contributed by atoms with Crippen LogP contribution in [0, 0.1) is 13.8 Å². The fraction of sp³-hybridized carbons (Fsp3) is 0.308. The number of rotatable bonds is 10. The van der Waals surface area contributed by atoms with E-state index in [1.54, 1.807) is 6.07 Å². The van der Waals surface area contributed by atoms with E-state index in [4.69, 9.17) is 16.2 Å². The number of benzene rings is 2. The van der Waals surface area contributed by atoms with Gasteiger partial charge >= 0.3 is 0 Å². The van der Waals surface area contributed by atoms with E-state index in [-0.39, 0.29) is 22.8 Å². The van der Waals surface area contributed by atoms with E-state index in [0.29, 0.717) is 17.9 Å². The third kappa shape index (κ3) is 6.07. The summed E-state index contributed by atoms with van der Waals surface area (Å²) in [6, 6.07) is 11.8. The Labute approximate surface area is 220 Å². The van der Waals surface area contributed by atoms with Gasteiger partial charge in [0.05, 0.1) is 12.3 Å². The van der Waals surface area contributed by atoms with E-state index in [0.717, 1.165) is 28.3 Å². The molecular weight excluding hydrogens is 492 g/mol. The maximum Gasteiger partial charge on any atom is 0.273 e. The van der Waals surface area contributed by atoms with Gasteiger partial charge in [0.15, 0.2) is 5.69 Å². The Kier molecular flexibility index (Phi) is 8.85. The second-order valence-electron chi connectivity index (χ2n) is 8.75. The molecule has 196 valence electrons. The number of amides is 3. The molecule has 1 atom stereocenters. The van der Waals surface area contributed by atoms with Crippen LogP contribution in [0.25, 0.3) is 0 Å². The molecule has 0 radical (unpaired) electrons. The lowest BCUT2D eigenvalue weighted by Crippen LogP contribution is -2.44. The van der Waals surface area contributed by atoms with Crippen LogP contribution in [0.5, 0.6) is 0 Å². The molecule has 0 spiro atoms. The molecule has 2 aromatic carbocycles. The first-order valence-corrected chi connectivity index (χ1v) is 12.3. The molecule has 3 aromatic rings. The molecule has 0 aliphatic rings. The number of primary amides is 1. The van der Waals surface area contributed by atoms with E-state index >= 15 is 0 Å². The van der Waals surface area contributed by atoms with Crippen molar-refractivity contribution in [1.82, 2.24) is 9.69 Å². The van der Waals surface area contributed by atoms with Crippen LogP contribution < -0.4 is 26.6 Å². The van der Waals surface area contributed by atoms with Crippen molar-refractivity contribution in [2.75, 3.05) is 49.9 Å². The number of methoxy groups -OCH3 is 1. The van der Waals surface area contributed by atoms with Crippen LogP contribution in [0.4, 0.5) is 17.1 Å². The highest BCUT2D eigenvalue weighted by atomic mass is 32.1. The molecule has 3 rings (SSSR count). The topological polar surface area (TPSA) is 144 Å². The minimum Gasteiger partial charge on any atom is -0.395 e. The van der Waals surface area contributed by atoms with Crippen LogP contribution >= 0.6 is 11.5 Å². The molecule has 1 aromatic heterocycles. The van der Waals surface area contributed by atoms with Crippen LogP contribution in [0.15, 0.2) is 42.5 Å². The molecule has 5 N–H and O–H groups in total. The molecule has 0 fully saturated rings. The van der Waals surface area contributed by atoms with Gasteiger partial charge in [-0.25, -0.2) is 0 Å². The number of nitrogen functional groups attached to an aromatic ring is 1. The largest absolute Gasteiger partial charge is 0.395 e. The Balaban J connectivity index is 2.21. The Morgan fingerprint density at radius 3 is 2.24 bits per heavy atom. The fourth-order valence-corrected chi connectivity index (χ4v) is 4.49. The van der Waals surface area contributed by atoms with Crippen LogP contribution in [0.3, 0.4) is 0 Å². The summed E-state index contributed by atoms with van der Waals surface area (Å²) in [7, 11) is 5.37. The number of carbonyl (C=O) groups excluding carboxylic acids is 3. The average Bonchev–Trinajstić information content (AvgIpc) is 3.25. The van der Waals surface area contributed by atoms with Crippen molar-refractivity contribution in [3.63, 3.8) is 0 Å². The highest BCUT2D eigenvalue weighted by molar-refractivity contribution is 7.09. The number of hydrogen-bond donors (Lipinski definition) is 3. The highest BCUT2D eigenvalue weighted by Gasteiger charge is 2.36. The number of nitrogens with two attached hydrogens (primary N) is 2. The highest BCUT2D eigenvalue weighted by Crippen LogP contribution is 2.34. The molecule has 1 heterocycles. The van der Waals surface area contributed by atoms with Crippen molar-refractivity contribution in [2.45, 2.75) is 19.9 Å². The first-order valence-electron chi connectivity index (χ1n) is 11.6. The van der Waals surface area contributed by atoms with Crippen molar-refractivity contribution < 1.29 is 19.1 Å². The zero-order chi connectivity index (χ0) is 27.3. The van der Waals surface area contributed by atoms with Gasteiger partial charge in [-0.15, -0.1) is 0 Å². The van der Waals surface area contributed by atoms with Crippen LogP contribution in [-0.4, -0.2) is 56.5 Å². The summed E-state index contributed by atoms with van der Waals surface area (Å²) in [5, 5.41) is 2.85. The van der Waals surface area contributed by atoms with Gasteiger partial charge in [-0.05, 0) is 66.3 Å². The summed E-state index contributed by atoms with van der Waals surface area (Å²) in [4.78, 5) is 42.8. The summed E-state index contributed by atoms with van der Waals surface area (Å²) in [6.45, 7) is 4.44. The van der Waals surface area contributed by atoms with Crippen LogP contribution in [-0.2, 0) is 9.53 Å². The molecule has 3 amide bonds. The summed E-state index contributed by atoms with van der Waals surface area (Å²) >= 11 is 0.770. The Hall–Kier alpha value is -3.96. The van der Waals surface area contributed by atoms with Gasteiger partial charge in [0.2, 0.25) is 5.91 Å². The number of anilines is 3. The summed E-state index contributed by atoms with van der Waals surface area (Å²) < 4.78 is 9.07. The molecule has 0 saturated heterocycles. The second kappa shape index (κ2) is 11.8. The zero-order valence-electron chi connectivity index (χ0n) is 21.6. The van der Waals surface area contributed by atoms with Gasteiger partial charge in [-0.2, -0.15) is 4.37 Å². The third-order valence-corrected chi connectivity index (χ3v) is 6.83. The number of ether oxygens (including phenoxy) is 1. The van der Waals surface area contributed by atoms with E-state index in [2.05, 4.69) is 9.69 Å². The van der Waals surface area contributed by atoms with E-state index in [1.165, 1.54) is 12.0 Å². The first-order chi connectivity index (χ1) is 17.6. The first kappa shape index (κ1) is 27.6. The van der Waals surface area contributed by atoms with Crippen molar-refractivity contribution in [3.05, 3.63) is 69.7 Å². The van der Waals surface area contributed by atoms with Gasteiger partial charge < -0.3 is 26.4 Å². The van der Waals surface area contributed by atoms with Crippen LogP contribution in [0.1, 0.15) is 42.9 Å². The Morgan fingerprint density at radius 1 is 1.05 bits per heavy atom. The molecule has 11 heteroatoms. The lowest BCUT2D eigenvalue weighted by Gasteiger charge is -2.32. The van der Waals surface area contributed by atoms with Crippen molar-refractivity contribution in [2.24, 2.45) is 5.73 Å². The van der Waals surface area contributed by atoms with Gasteiger partial charge in [-0.3, -0.25) is 19.3 Å². The van der Waals surface area contributed by atoms with E-state index in [1.807, 2.05) is 69.2 Å². The number of aryl methyl sites for hydroxylation is 2. The standard InChI is InChI=1S/C26H32N6O4S/c1-15-6-9-19(14-16(15)2)32(26(35)23-20(27)21(24(28)33)30-37-23)22(25(34)29-12-13-36-5)17-7-10-18(11-8-17)31(3)4/h6-11,14,22H,12-13,27H2,1-5H3,(H2,28,33)(H,29,34)/t22-/m1/s1. The normalized spacial score (nSPS) is 11.6. The van der Waals surface area contributed by atoms with Gasteiger partial charge in [0.1, 0.15) is 10.9 Å². The van der Waals surface area contributed by atoms with Crippen molar-refractivity contribution in [1.29, 1.82) is 0 Å². The molecule has 0 aliphatic carbocycles. The second-order valence-corrected chi connectivity index (χ2v) is 9.53. The molecule has 0 unspecified atom stereocenters. The summed E-state index contributed by atoms with van der Waals surface area (Å²) in [6.07, 6.45) is 0. The minimum absolute atomic E-state index is 0.0200. The van der Waals surface area contributed by atoms with Gasteiger partial charge in [-0.1, -0.05) is 18.2 Å². The van der Waals surface area contributed by atoms with Gasteiger partial charge in [0, 0.05) is 39.1 Å². The average molecular weight is 525 g/mol. The molecule has 10 nitrogen and oxygen atoms in total. The van der Waals surface area contributed by atoms with E-state index in [9.17, 15) is 14.4 Å². The lowest BCUT2D eigenvalue weighted by atomic mass is 10.0. The quantitative estimate of drug-likeness (QED) is 0.346. The van der Waals surface area contributed by atoms with Crippen LogP contribution in [0.2, 0.25) is 0 Å². The number of hydrogen-bond acceptors (Lipinski definition) is 8. The molecule has 37 heavy (non-hydrogen) atoms. The molecular formula is C26H32N6O4S. The third-order valence-electron chi connectivity index (χ3n) is 5.98. The van der Waals surface area contributed by atoms with Gasteiger partial charge in [0.25, 0.3) is 11.8 Å². The minimum atomic E-state index is -1.05. The smallest absolute Gasteiger partial charge is 0.273 e.